The Balaban J connectivity index is 0.00000225. The van der Waals surface area contributed by atoms with E-state index in [1.165, 1.54) is 33.4 Å². The minimum atomic E-state index is 0. The third-order valence-electron chi connectivity index (χ3n) is 5.09. The molecule has 28 heavy (non-hydrogen) atoms. The number of allylic oxidation sites excluding steroid dienone is 3. The predicted octanol–water partition coefficient (Wildman–Crippen LogP) is 2.60. The highest BCUT2D eigenvalue weighted by Crippen LogP contribution is 2.30. The highest BCUT2D eigenvalue weighted by Gasteiger charge is 2.14. The van der Waals surface area contributed by atoms with Crippen LogP contribution in [-0.2, 0) is 6.54 Å². The summed E-state index contributed by atoms with van der Waals surface area (Å²) < 4.78 is 2.28. The summed E-state index contributed by atoms with van der Waals surface area (Å²) in [4.78, 5) is 2.35. The second kappa shape index (κ2) is 8.90. The van der Waals surface area contributed by atoms with E-state index in [9.17, 15) is 0 Å². The third kappa shape index (κ3) is 3.88. The molecule has 0 saturated heterocycles. The first-order valence-electron chi connectivity index (χ1n) is 9.65. The summed E-state index contributed by atoms with van der Waals surface area (Å²) in [5.41, 5.74) is 6.26. The van der Waals surface area contributed by atoms with Crippen LogP contribution in [0.25, 0.3) is 23.1 Å². The van der Waals surface area contributed by atoms with E-state index in [4.69, 9.17) is 0 Å². The molecule has 0 atom stereocenters. The summed E-state index contributed by atoms with van der Waals surface area (Å²) in [6.45, 7) is 6.30. The van der Waals surface area contributed by atoms with Crippen LogP contribution in [0.15, 0.2) is 84.7 Å². The Morgan fingerprint density at radius 1 is 0.964 bits per heavy atom. The van der Waals surface area contributed by atoms with Gasteiger partial charge in [0.15, 0.2) is 6.20 Å². The van der Waals surface area contributed by atoms with Gasteiger partial charge in [-0.3, -0.25) is 0 Å². The summed E-state index contributed by atoms with van der Waals surface area (Å²) in [6.07, 6.45) is 13.1. The molecule has 2 nitrogen and oxygen atoms in total. The molecule has 0 amide bonds. The normalized spacial score (nSPS) is 14.5. The number of aromatic nitrogens is 1. The molecule has 0 radical (unpaired) electrons. The van der Waals surface area contributed by atoms with Crippen LogP contribution in [0.3, 0.4) is 0 Å². The minimum Gasteiger partial charge on any atom is -1.00 e. The number of hydrogen-bond donors (Lipinski definition) is 0. The lowest BCUT2D eigenvalue weighted by atomic mass is 10.1. The van der Waals surface area contributed by atoms with Crippen LogP contribution in [0, 0.1) is 0 Å². The van der Waals surface area contributed by atoms with Crippen molar-refractivity contribution >= 4 is 28.7 Å². The molecule has 3 aromatic rings. The smallest absolute Gasteiger partial charge is 0.213 e. The molecule has 0 spiro atoms. The zero-order chi connectivity index (χ0) is 18.6. The summed E-state index contributed by atoms with van der Waals surface area (Å²) in [6, 6.07) is 19.5. The zero-order valence-corrected chi connectivity index (χ0v) is 17.1. The fourth-order valence-electron chi connectivity index (χ4n) is 3.70. The van der Waals surface area contributed by atoms with Crippen LogP contribution in [0.5, 0.6) is 0 Å². The van der Waals surface area contributed by atoms with Crippen molar-refractivity contribution in [1.29, 1.82) is 0 Å². The highest BCUT2D eigenvalue weighted by molar-refractivity contribution is 5.79. The van der Waals surface area contributed by atoms with E-state index in [1.807, 2.05) is 0 Å². The van der Waals surface area contributed by atoms with Crippen LogP contribution in [0.4, 0.5) is 5.69 Å². The molecule has 4 rings (SSSR count). The summed E-state index contributed by atoms with van der Waals surface area (Å²) in [7, 11) is 0. The van der Waals surface area contributed by atoms with E-state index in [-0.39, 0.29) is 12.4 Å². The van der Waals surface area contributed by atoms with E-state index in [2.05, 4.69) is 114 Å². The minimum absolute atomic E-state index is 0. The predicted molar refractivity (Wildman–Crippen MR) is 115 cm³/mol. The summed E-state index contributed by atoms with van der Waals surface area (Å²) in [5.74, 6) is 0. The van der Waals surface area contributed by atoms with Gasteiger partial charge in [-0.1, -0.05) is 42.5 Å². The van der Waals surface area contributed by atoms with Crippen molar-refractivity contribution in [1.82, 2.24) is 0 Å². The zero-order valence-electron chi connectivity index (χ0n) is 16.3. The van der Waals surface area contributed by atoms with Gasteiger partial charge in [0.25, 0.3) is 0 Å². The molecule has 1 aromatic heterocycles. The largest absolute Gasteiger partial charge is 1.00 e. The lowest BCUT2D eigenvalue weighted by molar-refractivity contribution is -0.667. The first kappa shape index (κ1) is 19.9. The van der Waals surface area contributed by atoms with Crippen molar-refractivity contribution in [3.05, 3.63) is 95.8 Å². The van der Waals surface area contributed by atoms with Gasteiger partial charge in [0, 0.05) is 35.4 Å². The fourth-order valence-corrected chi connectivity index (χ4v) is 3.70. The average Bonchev–Trinajstić information content (AvgIpc) is 2.73. The third-order valence-corrected chi connectivity index (χ3v) is 5.09. The van der Waals surface area contributed by atoms with E-state index >= 15 is 0 Å². The second-order valence-corrected chi connectivity index (χ2v) is 6.70. The van der Waals surface area contributed by atoms with Crippen LogP contribution >= 0.6 is 0 Å². The Morgan fingerprint density at radius 2 is 1.82 bits per heavy atom. The number of hydrogen-bond acceptors (Lipinski definition) is 1. The molecular formula is C25H25ClN2. The van der Waals surface area contributed by atoms with Gasteiger partial charge in [-0.05, 0) is 55.3 Å². The van der Waals surface area contributed by atoms with Crippen molar-refractivity contribution in [3.63, 3.8) is 0 Å². The van der Waals surface area contributed by atoms with E-state index in [0.717, 1.165) is 13.1 Å². The number of halogens is 1. The number of fused-ring (bicyclic) bond motifs is 2. The molecule has 0 N–H and O–H groups in total. The number of nitrogens with zero attached hydrogens (tertiary/aromatic N) is 2. The molecule has 0 unspecified atom stereocenters. The number of rotatable bonds is 4. The summed E-state index contributed by atoms with van der Waals surface area (Å²) >= 11 is 0. The Labute approximate surface area is 173 Å². The quantitative estimate of drug-likeness (QED) is 0.623. The van der Waals surface area contributed by atoms with Gasteiger partial charge in [-0.15, -0.1) is 0 Å². The summed E-state index contributed by atoms with van der Waals surface area (Å²) in [5, 5.41) is 1.28. The second-order valence-electron chi connectivity index (χ2n) is 6.70. The molecule has 142 valence electrons. The van der Waals surface area contributed by atoms with Gasteiger partial charge >= 0.3 is 0 Å². The Morgan fingerprint density at radius 3 is 2.64 bits per heavy atom. The molecule has 0 aliphatic carbocycles. The first-order chi connectivity index (χ1) is 13.3. The number of para-hydroxylation sites is 1. The first-order valence-corrected chi connectivity index (χ1v) is 9.65. The Kier molecular flexibility index (Phi) is 6.33. The maximum Gasteiger partial charge on any atom is 0.213 e. The van der Waals surface area contributed by atoms with Crippen molar-refractivity contribution < 1.29 is 17.0 Å². The van der Waals surface area contributed by atoms with Crippen LogP contribution in [-0.4, -0.2) is 6.54 Å². The number of likely N-dealkylation sites (N-methyl/N-ethyl adjacent to an activating group) is 1. The number of pyridine rings is 1. The molecule has 3 heteroatoms. The van der Waals surface area contributed by atoms with Crippen molar-refractivity contribution in [2.75, 3.05) is 11.4 Å². The standard InChI is InChI=1S/C25H25N2.ClH/c1-3-26-18-8-11-22-15-14-20(19-25(22)26)9-7-12-23-17-16-21-10-5-6-13-24(21)27(23)4-2;/h5-19H,3-4H2,1-2H3;1H/q+1;/p-1. The fraction of sp³-hybridized carbons (Fsp3) is 0.160. The van der Waals surface area contributed by atoms with Crippen LogP contribution in [0.2, 0.25) is 0 Å². The number of benzene rings is 2. The number of anilines is 1. The average molecular weight is 389 g/mol. The van der Waals surface area contributed by atoms with Gasteiger partial charge in [-0.2, -0.15) is 4.57 Å². The molecular weight excluding hydrogens is 364 g/mol. The molecule has 1 aliphatic heterocycles. The maximum atomic E-state index is 2.35. The molecule has 0 fully saturated rings. The van der Waals surface area contributed by atoms with Gasteiger partial charge in [-0.25, -0.2) is 0 Å². The van der Waals surface area contributed by atoms with E-state index in [0.29, 0.717) is 0 Å². The van der Waals surface area contributed by atoms with Gasteiger partial charge in [0.05, 0.1) is 0 Å². The van der Waals surface area contributed by atoms with Crippen molar-refractivity contribution in [3.8, 4) is 0 Å². The van der Waals surface area contributed by atoms with Gasteiger partial charge in [0.1, 0.15) is 6.54 Å². The maximum absolute atomic E-state index is 2.35. The SMILES string of the molecule is CCN1/C(=C/C=C/c2ccc3ccc[n+](CC)c3c2)C=Cc2ccccc21.[Cl-]. The lowest BCUT2D eigenvalue weighted by Gasteiger charge is -2.29. The van der Waals surface area contributed by atoms with Crippen molar-refractivity contribution in [2.45, 2.75) is 20.4 Å². The van der Waals surface area contributed by atoms with E-state index < -0.39 is 0 Å². The lowest BCUT2D eigenvalue weighted by Crippen LogP contribution is -3.00. The van der Waals surface area contributed by atoms with E-state index in [1.54, 1.807) is 0 Å². The Hall–Kier alpha value is -2.84. The van der Waals surface area contributed by atoms with Crippen LogP contribution in [0.1, 0.15) is 25.0 Å². The molecule has 2 heterocycles. The molecule has 2 aromatic carbocycles. The van der Waals surface area contributed by atoms with Gasteiger partial charge in [0.2, 0.25) is 5.52 Å². The molecule has 1 aliphatic rings. The van der Waals surface area contributed by atoms with Gasteiger partial charge < -0.3 is 17.3 Å². The molecule has 0 bridgehead atoms. The number of aryl methyl sites for hydroxylation is 1. The van der Waals surface area contributed by atoms with Crippen LogP contribution < -0.4 is 21.9 Å². The Bertz CT molecular complexity index is 1060. The highest BCUT2D eigenvalue weighted by atomic mass is 35.5. The molecule has 0 saturated carbocycles. The topological polar surface area (TPSA) is 7.12 Å². The monoisotopic (exact) mass is 388 g/mol. The van der Waals surface area contributed by atoms with Crippen molar-refractivity contribution in [2.24, 2.45) is 0 Å².